The molecule has 2 aliphatic rings. The Morgan fingerprint density at radius 2 is 1.67 bits per heavy atom. The zero-order valence-electron chi connectivity index (χ0n) is 16.7. The standard InChI is InChI=1S/C22H24F3N3O2/c1-27-12-13-30-20-14-17(4-7-19(20)21(27)29)26-16-2-5-18(6-3-16)28-10-8-15(9-11-28)22(23,24)25/h2-7,14-15,26H,8-13H2,1H3. The van der Waals surface area contributed by atoms with Crippen LogP contribution in [0, 0.1) is 5.92 Å². The molecule has 0 unspecified atom stereocenters. The van der Waals surface area contributed by atoms with Crippen LogP contribution in [0.15, 0.2) is 42.5 Å². The number of alkyl halides is 3. The first kappa shape index (κ1) is 20.4. The maximum absolute atomic E-state index is 12.8. The van der Waals surface area contributed by atoms with Crippen molar-refractivity contribution in [2.45, 2.75) is 19.0 Å². The molecule has 1 amide bonds. The van der Waals surface area contributed by atoms with Gasteiger partial charge in [0.1, 0.15) is 12.4 Å². The lowest BCUT2D eigenvalue weighted by molar-refractivity contribution is -0.179. The van der Waals surface area contributed by atoms with Crippen molar-refractivity contribution in [3.8, 4) is 5.75 Å². The Balaban J connectivity index is 1.41. The molecule has 8 heteroatoms. The number of nitrogens with zero attached hydrogens (tertiary/aromatic N) is 2. The molecule has 30 heavy (non-hydrogen) atoms. The van der Waals surface area contributed by atoms with E-state index in [0.717, 1.165) is 17.1 Å². The fourth-order valence-corrected chi connectivity index (χ4v) is 3.88. The molecular weight excluding hydrogens is 395 g/mol. The van der Waals surface area contributed by atoms with Crippen LogP contribution in [0.25, 0.3) is 0 Å². The van der Waals surface area contributed by atoms with E-state index in [1.54, 1.807) is 18.0 Å². The zero-order chi connectivity index (χ0) is 21.3. The summed E-state index contributed by atoms with van der Waals surface area (Å²) in [6, 6.07) is 13.0. The quantitative estimate of drug-likeness (QED) is 0.785. The summed E-state index contributed by atoms with van der Waals surface area (Å²) in [5.74, 6) is -0.706. The summed E-state index contributed by atoms with van der Waals surface area (Å²) in [4.78, 5) is 16.0. The Bertz CT molecular complexity index is 907. The third kappa shape index (κ3) is 4.32. The van der Waals surface area contributed by atoms with Crippen molar-refractivity contribution in [2.75, 3.05) is 43.5 Å². The number of piperidine rings is 1. The Morgan fingerprint density at radius 1 is 1.00 bits per heavy atom. The first-order valence-electron chi connectivity index (χ1n) is 10.0. The number of hydrogen-bond donors (Lipinski definition) is 1. The van der Waals surface area contributed by atoms with Gasteiger partial charge in [0.05, 0.1) is 18.0 Å². The van der Waals surface area contributed by atoms with Crippen LogP contribution in [0.3, 0.4) is 0 Å². The molecule has 0 atom stereocenters. The van der Waals surface area contributed by atoms with Crippen molar-refractivity contribution < 1.29 is 22.7 Å². The van der Waals surface area contributed by atoms with Crippen molar-refractivity contribution in [3.63, 3.8) is 0 Å². The number of carbonyl (C=O) groups is 1. The molecule has 0 saturated carbocycles. The first-order valence-corrected chi connectivity index (χ1v) is 10.0. The summed E-state index contributed by atoms with van der Waals surface area (Å²) in [5.41, 5.74) is 3.10. The molecule has 2 aromatic rings. The van der Waals surface area contributed by atoms with Crippen molar-refractivity contribution in [3.05, 3.63) is 48.0 Å². The summed E-state index contributed by atoms with van der Waals surface area (Å²) in [7, 11) is 1.75. The van der Waals surface area contributed by atoms with Crippen LogP contribution >= 0.6 is 0 Å². The Labute approximate surface area is 173 Å². The molecule has 0 bridgehead atoms. The monoisotopic (exact) mass is 419 g/mol. The van der Waals surface area contributed by atoms with Crippen molar-refractivity contribution in [2.24, 2.45) is 5.92 Å². The van der Waals surface area contributed by atoms with E-state index >= 15 is 0 Å². The molecule has 0 radical (unpaired) electrons. The van der Waals surface area contributed by atoms with E-state index in [0.29, 0.717) is 37.6 Å². The number of halogens is 3. The largest absolute Gasteiger partial charge is 0.491 e. The van der Waals surface area contributed by atoms with E-state index in [-0.39, 0.29) is 18.7 Å². The van der Waals surface area contributed by atoms with Gasteiger partial charge >= 0.3 is 6.18 Å². The van der Waals surface area contributed by atoms with E-state index < -0.39 is 12.1 Å². The van der Waals surface area contributed by atoms with Gasteiger partial charge in [-0.1, -0.05) is 0 Å². The van der Waals surface area contributed by atoms with Gasteiger partial charge in [-0.15, -0.1) is 0 Å². The highest BCUT2D eigenvalue weighted by Gasteiger charge is 2.41. The number of hydrogen-bond acceptors (Lipinski definition) is 4. The SMILES string of the molecule is CN1CCOc2cc(Nc3ccc(N4CCC(C(F)(F)F)CC4)cc3)ccc2C1=O. The van der Waals surface area contributed by atoms with E-state index in [1.807, 2.05) is 41.3 Å². The van der Waals surface area contributed by atoms with E-state index in [9.17, 15) is 18.0 Å². The number of carbonyl (C=O) groups excluding carboxylic acids is 1. The highest BCUT2D eigenvalue weighted by atomic mass is 19.4. The van der Waals surface area contributed by atoms with Gasteiger partial charge < -0.3 is 19.9 Å². The average Bonchev–Trinajstić information content (AvgIpc) is 2.86. The molecule has 0 aromatic heterocycles. The zero-order valence-corrected chi connectivity index (χ0v) is 16.7. The normalized spacial score (nSPS) is 17.9. The van der Waals surface area contributed by atoms with Gasteiger partial charge in [0, 0.05) is 43.3 Å². The maximum atomic E-state index is 12.8. The molecule has 4 rings (SSSR count). The molecule has 0 aliphatic carbocycles. The van der Waals surface area contributed by atoms with Gasteiger partial charge in [-0.05, 0) is 49.2 Å². The number of nitrogens with one attached hydrogen (secondary N) is 1. The fraction of sp³-hybridized carbons (Fsp3) is 0.409. The summed E-state index contributed by atoms with van der Waals surface area (Å²) < 4.78 is 44.2. The third-order valence-electron chi connectivity index (χ3n) is 5.72. The van der Waals surface area contributed by atoms with Gasteiger partial charge in [-0.25, -0.2) is 0 Å². The predicted octanol–water partition coefficient (Wildman–Crippen LogP) is 4.67. The van der Waals surface area contributed by atoms with E-state index in [2.05, 4.69) is 5.32 Å². The molecule has 5 nitrogen and oxygen atoms in total. The molecular formula is C22H24F3N3O2. The number of fused-ring (bicyclic) bond motifs is 1. The minimum absolute atomic E-state index is 0.0623. The molecule has 0 spiro atoms. The lowest BCUT2D eigenvalue weighted by Crippen LogP contribution is -2.38. The summed E-state index contributed by atoms with van der Waals surface area (Å²) >= 11 is 0. The van der Waals surface area contributed by atoms with Crippen LogP contribution < -0.4 is 15.0 Å². The molecule has 1 saturated heterocycles. The van der Waals surface area contributed by atoms with Gasteiger partial charge in [0.25, 0.3) is 5.91 Å². The van der Waals surface area contributed by atoms with Gasteiger partial charge in [0.2, 0.25) is 0 Å². The second kappa shape index (κ2) is 8.08. The summed E-state index contributed by atoms with van der Waals surface area (Å²) in [5, 5.41) is 3.29. The van der Waals surface area contributed by atoms with Crippen LogP contribution in [-0.4, -0.2) is 50.3 Å². The third-order valence-corrected chi connectivity index (χ3v) is 5.72. The van der Waals surface area contributed by atoms with Crippen LogP contribution in [0.1, 0.15) is 23.2 Å². The predicted molar refractivity (Wildman–Crippen MR) is 110 cm³/mol. The van der Waals surface area contributed by atoms with Crippen molar-refractivity contribution >= 4 is 23.0 Å². The van der Waals surface area contributed by atoms with Crippen LogP contribution in [0.5, 0.6) is 5.75 Å². The second-order valence-corrected chi connectivity index (χ2v) is 7.76. The Morgan fingerprint density at radius 3 is 2.33 bits per heavy atom. The summed E-state index contributed by atoms with van der Waals surface area (Å²) in [6.45, 7) is 1.79. The van der Waals surface area contributed by atoms with E-state index in [4.69, 9.17) is 4.74 Å². The molecule has 2 aliphatic heterocycles. The van der Waals surface area contributed by atoms with Gasteiger partial charge in [0.15, 0.2) is 0 Å². The topological polar surface area (TPSA) is 44.8 Å². The van der Waals surface area contributed by atoms with Gasteiger partial charge in [-0.3, -0.25) is 4.79 Å². The molecule has 1 N–H and O–H groups in total. The minimum Gasteiger partial charge on any atom is -0.491 e. The number of rotatable bonds is 3. The minimum atomic E-state index is -4.10. The number of benzene rings is 2. The Hall–Kier alpha value is -2.90. The first-order chi connectivity index (χ1) is 14.3. The van der Waals surface area contributed by atoms with Crippen molar-refractivity contribution in [1.29, 1.82) is 0 Å². The lowest BCUT2D eigenvalue weighted by Gasteiger charge is -2.34. The fourth-order valence-electron chi connectivity index (χ4n) is 3.88. The highest BCUT2D eigenvalue weighted by molar-refractivity contribution is 5.97. The number of anilines is 3. The lowest BCUT2D eigenvalue weighted by atomic mass is 9.96. The van der Waals surface area contributed by atoms with Gasteiger partial charge in [-0.2, -0.15) is 13.2 Å². The maximum Gasteiger partial charge on any atom is 0.391 e. The van der Waals surface area contributed by atoms with Crippen LogP contribution in [0.4, 0.5) is 30.2 Å². The molecule has 1 fully saturated rings. The number of ether oxygens (including phenoxy) is 1. The second-order valence-electron chi connectivity index (χ2n) is 7.76. The smallest absolute Gasteiger partial charge is 0.391 e. The average molecular weight is 419 g/mol. The number of amides is 1. The van der Waals surface area contributed by atoms with Crippen molar-refractivity contribution in [1.82, 2.24) is 4.90 Å². The van der Waals surface area contributed by atoms with E-state index in [1.165, 1.54) is 0 Å². The van der Waals surface area contributed by atoms with Crippen LogP contribution in [-0.2, 0) is 0 Å². The molecule has 160 valence electrons. The Kier molecular flexibility index (Phi) is 5.49. The highest BCUT2D eigenvalue weighted by Crippen LogP contribution is 2.36. The number of likely N-dealkylation sites (N-methyl/N-ethyl adjacent to an activating group) is 1. The van der Waals surface area contributed by atoms with Crippen LogP contribution in [0.2, 0.25) is 0 Å². The summed E-state index contributed by atoms with van der Waals surface area (Å²) in [6.07, 6.45) is -3.84. The molecule has 2 aromatic carbocycles. The molecule has 2 heterocycles.